The normalized spacial score (nSPS) is 13.8. The van der Waals surface area contributed by atoms with Crippen molar-refractivity contribution in [1.29, 1.82) is 0 Å². The highest BCUT2D eigenvalue weighted by atomic mass is 79.9. The highest BCUT2D eigenvalue weighted by Gasteiger charge is 2.11. The summed E-state index contributed by atoms with van der Waals surface area (Å²) >= 11 is 8.79. The number of anilines is 2. The van der Waals surface area contributed by atoms with Crippen molar-refractivity contribution < 1.29 is 0 Å². The maximum absolute atomic E-state index is 5.34. The van der Waals surface area contributed by atoms with Crippen LogP contribution < -0.4 is 15.5 Å². The fraction of sp³-hybridized carbons (Fsp3) is 0.333. The monoisotopic (exact) mass is 404 g/mol. The van der Waals surface area contributed by atoms with Crippen LogP contribution in [0.3, 0.4) is 0 Å². The van der Waals surface area contributed by atoms with Crippen LogP contribution in [0.5, 0.6) is 0 Å². The molecule has 0 bridgehead atoms. The molecule has 1 saturated heterocycles. The van der Waals surface area contributed by atoms with Gasteiger partial charge in [-0.15, -0.1) is 0 Å². The molecule has 1 fully saturated rings. The zero-order valence-electron chi connectivity index (χ0n) is 13.7. The third-order valence-corrected chi connectivity index (χ3v) is 5.23. The Hall–Kier alpha value is -1.66. The van der Waals surface area contributed by atoms with Crippen LogP contribution in [0, 0.1) is 6.92 Å². The van der Waals surface area contributed by atoms with Crippen LogP contribution >= 0.6 is 28.1 Å². The van der Waals surface area contributed by atoms with Gasteiger partial charge in [0.25, 0.3) is 0 Å². The van der Waals surface area contributed by atoms with Gasteiger partial charge in [0.15, 0.2) is 5.11 Å². The molecule has 0 unspecified atom stereocenters. The smallest absolute Gasteiger partial charge is 0.172 e. The third-order valence-electron chi connectivity index (χ3n) is 4.15. The van der Waals surface area contributed by atoms with E-state index in [0.29, 0.717) is 11.7 Å². The standard InChI is InChI=1S/C18H21BrN4S/c1-13-10-17(20-12-16(13)19)22-18(24)21-11-14-4-6-15(7-5-14)23-8-2-3-9-23/h4-7,10,12H,2-3,8-9,11H2,1H3,(H2,20,21,22,24). The van der Waals surface area contributed by atoms with Gasteiger partial charge in [-0.2, -0.15) is 0 Å². The summed E-state index contributed by atoms with van der Waals surface area (Å²) in [6.07, 6.45) is 4.37. The van der Waals surface area contributed by atoms with Crippen molar-refractivity contribution in [2.45, 2.75) is 26.3 Å². The Morgan fingerprint density at radius 3 is 2.62 bits per heavy atom. The maximum Gasteiger partial charge on any atom is 0.172 e. The number of thiocarbonyl (C=S) groups is 1. The van der Waals surface area contributed by atoms with E-state index in [2.05, 4.69) is 60.7 Å². The van der Waals surface area contributed by atoms with Crippen LogP contribution in [-0.4, -0.2) is 23.2 Å². The minimum absolute atomic E-state index is 0.577. The molecule has 1 aromatic heterocycles. The second-order valence-corrected chi connectivity index (χ2v) is 7.25. The Balaban J connectivity index is 1.51. The first-order valence-corrected chi connectivity index (χ1v) is 9.33. The fourth-order valence-electron chi connectivity index (χ4n) is 2.75. The second-order valence-electron chi connectivity index (χ2n) is 5.99. The average Bonchev–Trinajstić information content (AvgIpc) is 3.11. The summed E-state index contributed by atoms with van der Waals surface area (Å²) in [4.78, 5) is 6.73. The lowest BCUT2D eigenvalue weighted by atomic mass is 10.2. The maximum atomic E-state index is 5.34. The van der Waals surface area contributed by atoms with E-state index in [-0.39, 0.29) is 0 Å². The van der Waals surface area contributed by atoms with Crippen molar-refractivity contribution in [2.75, 3.05) is 23.3 Å². The van der Waals surface area contributed by atoms with Gasteiger partial charge in [-0.3, -0.25) is 0 Å². The van der Waals surface area contributed by atoms with E-state index in [4.69, 9.17) is 12.2 Å². The lowest BCUT2D eigenvalue weighted by Crippen LogP contribution is -2.28. The molecule has 1 aromatic carbocycles. The van der Waals surface area contributed by atoms with Gasteiger partial charge in [0, 0.05) is 36.0 Å². The molecule has 3 rings (SSSR count). The lowest BCUT2D eigenvalue weighted by Gasteiger charge is -2.18. The van der Waals surface area contributed by atoms with Gasteiger partial charge in [-0.25, -0.2) is 4.98 Å². The molecular weight excluding hydrogens is 384 g/mol. The number of rotatable bonds is 4. The summed E-state index contributed by atoms with van der Waals surface area (Å²) in [7, 11) is 0. The van der Waals surface area contributed by atoms with Crippen LogP contribution in [-0.2, 0) is 6.54 Å². The number of hydrogen-bond donors (Lipinski definition) is 2. The number of nitrogens with zero attached hydrogens (tertiary/aromatic N) is 2. The summed E-state index contributed by atoms with van der Waals surface area (Å²) in [6.45, 7) is 5.06. The predicted octanol–water partition coefficient (Wildman–Crippen LogP) is 4.24. The van der Waals surface area contributed by atoms with Crippen molar-refractivity contribution in [1.82, 2.24) is 10.3 Å². The Morgan fingerprint density at radius 2 is 1.96 bits per heavy atom. The molecule has 1 aliphatic heterocycles. The first kappa shape index (κ1) is 17.2. The van der Waals surface area contributed by atoms with Crippen LogP contribution in [0.15, 0.2) is 41.0 Å². The molecule has 2 N–H and O–H groups in total. The summed E-state index contributed by atoms with van der Waals surface area (Å²) in [5.41, 5.74) is 3.64. The van der Waals surface area contributed by atoms with Crippen molar-refractivity contribution in [3.05, 3.63) is 52.1 Å². The number of nitrogens with one attached hydrogen (secondary N) is 2. The van der Waals surface area contributed by atoms with Crippen LogP contribution in [0.4, 0.5) is 11.5 Å². The van der Waals surface area contributed by atoms with Gasteiger partial charge < -0.3 is 15.5 Å². The fourth-order valence-corrected chi connectivity index (χ4v) is 3.14. The molecule has 2 heterocycles. The minimum Gasteiger partial charge on any atom is -0.372 e. The third kappa shape index (κ3) is 4.45. The highest BCUT2D eigenvalue weighted by molar-refractivity contribution is 9.10. The molecule has 0 spiro atoms. The van der Waals surface area contributed by atoms with Gasteiger partial charge in [0.2, 0.25) is 0 Å². The zero-order chi connectivity index (χ0) is 16.9. The number of aryl methyl sites for hydroxylation is 1. The van der Waals surface area contributed by atoms with E-state index in [1.54, 1.807) is 6.20 Å². The number of halogens is 1. The molecule has 24 heavy (non-hydrogen) atoms. The first-order valence-electron chi connectivity index (χ1n) is 8.13. The van der Waals surface area contributed by atoms with E-state index >= 15 is 0 Å². The van der Waals surface area contributed by atoms with E-state index in [1.165, 1.54) is 37.2 Å². The number of pyridine rings is 1. The molecule has 0 amide bonds. The zero-order valence-corrected chi connectivity index (χ0v) is 16.1. The Labute approximate surface area is 156 Å². The van der Waals surface area contributed by atoms with Crippen LogP contribution in [0.25, 0.3) is 0 Å². The van der Waals surface area contributed by atoms with Crippen LogP contribution in [0.2, 0.25) is 0 Å². The molecular formula is C18H21BrN4S. The number of hydrogen-bond acceptors (Lipinski definition) is 3. The molecule has 2 aromatic rings. The van der Waals surface area contributed by atoms with E-state index in [1.807, 2.05) is 13.0 Å². The second kappa shape index (κ2) is 7.94. The molecule has 0 aliphatic carbocycles. The minimum atomic E-state index is 0.577. The molecule has 126 valence electrons. The molecule has 0 radical (unpaired) electrons. The van der Waals surface area contributed by atoms with Crippen molar-refractivity contribution in [3.63, 3.8) is 0 Å². The van der Waals surface area contributed by atoms with Gasteiger partial charge in [-0.05, 0) is 77.2 Å². The number of benzene rings is 1. The van der Waals surface area contributed by atoms with Crippen molar-refractivity contribution in [2.24, 2.45) is 0 Å². The van der Waals surface area contributed by atoms with Crippen molar-refractivity contribution in [3.8, 4) is 0 Å². The summed E-state index contributed by atoms with van der Waals surface area (Å²) < 4.78 is 0.991. The first-order chi connectivity index (χ1) is 11.6. The van der Waals surface area contributed by atoms with Gasteiger partial charge >= 0.3 is 0 Å². The van der Waals surface area contributed by atoms with Gasteiger partial charge in [-0.1, -0.05) is 12.1 Å². The van der Waals surface area contributed by atoms with Gasteiger partial charge in [0.1, 0.15) is 5.82 Å². The molecule has 4 nitrogen and oxygen atoms in total. The highest BCUT2D eigenvalue weighted by Crippen LogP contribution is 2.20. The lowest BCUT2D eigenvalue weighted by molar-refractivity contribution is 0.920. The molecule has 6 heteroatoms. The number of aromatic nitrogens is 1. The van der Waals surface area contributed by atoms with Gasteiger partial charge in [0.05, 0.1) is 0 Å². The summed E-state index contributed by atoms with van der Waals surface area (Å²) in [5.74, 6) is 0.748. The summed E-state index contributed by atoms with van der Waals surface area (Å²) in [5, 5.41) is 6.92. The van der Waals surface area contributed by atoms with E-state index in [9.17, 15) is 0 Å². The SMILES string of the molecule is Cc1cc(NC(=S)NCc2ccc(N3CCCC3)cc2)ncc1Br. The molecule has 0 saturated carbocycles. The predicted molar refractivity (Wildman–Crippen MR) is 108 cm³/mol. The Kier molecular flexibility index (Phi) is 5.68. The quantitative estimate of drug-likeness (QED) is 0.745. The van der Waals surface area contributed by atoms with E-state index < -0.39 is 0 Å². The van der Waals surface area contributed by atoms with E-state index in [0.717, 1.165) is 15.9 Å². The average molecular weight is 405 g/mol. The topological polar surface area (TPSA) is 40.2 Å². The van der Waals surface area contributed by atoms with Crippen molar-refractivity contribution >= 4 is 44.8 Å². The Bertz CT molecular complexity index is 711. The summed E-state index contributed by atoms with van der Waals surface area (Å²) in [6, 6.07) is 10.7. The van der Waals surface area contributed by atoms with Crippen LogP contribution in [0.1, 0.15) is 24.0 Å². The molecule has 0 atom stereocenters. The largest absolute Gasteiger partial charge is 0.372 e. The molecule has 1 aliphatic rings. The Morgan fingerprint density at radius 1 is 1.25 bits per heavy atom.